The van der Waals surface area contributed by atoms with Gasteiger partial charge in [-0.15, -0.1) is 0 Å². The van der Waals surface area contributed by atoms with E-state index in [-0.39, 0.29) is 6.04 Å². The molecule has 0 atom stereocenters. The predicted molar refractivity (Wildman–Crippen MR) is 125 cm³/mol. The summed E-state index contributed by atoms with van der Waals surface area (Å²) in [6.45, 7) is 1.54. The molecule has 150 valence electrons. The van der Waals surface area contributed by atoms with Crippen molar-refractivity contribution < 1.29 is 0 Å². The van der Waals surface area contributed by atoms with E-state index in [1.807, 2.05) is 30.3 Å². The first-order valence-corrected chi connectivity index (χ1v) is 10.7. The lowest BCUT2D eigenvalue weighted by Crippen LogP contribution is -2.49. The summed E-state index contributed by atoms with van der Waals surface area (Å²) in [5, 5.41) is 14.3. The van der Waals surface area contributed by atoms with E-state index in [0.29, 0.717) is 0 Å². The van der Waals surface area contributed by atoms with Gasteiger partial charge in [0.25, 0.3) is 0 Å². The van der Waals surface area contributed by atoms with E-state index in [2.05, 4.69) is 76.9 Å². The molecule has 1 aliphatic heterocycles. The number of benzene rings is 3. The molecule has 0 radical (unpaired) electrons. The second-order valence-corrected chi connectivity index (χ2v) is 8.14. The fraction of sp³-hybridized carbons (Fsp3) is 0.231. The Morgan fingerprint density at radius 3 is 1.77 bits per heavy atom. The van der Waals surface area contributed by atoms with Crippen molar-refractivity contribution in [3.05, 3.63) is 108 Å². The maximum atomic E-state index is 9.95. The lowest BCUT2D eigenvalue weighted by Gasteiger charge is -2.39. The monoisotopic (exact) mass is 411 g/mol. The van der Waals surface area contributed by atoms with Crippen LogP contribution in [0.15, 0.2) is 91.0 Å². The summed E-state index contributed by atoms with van der Waals surface area (Å²) >= 11 is 5.81. The Bertz CT molecular complexity index is 965. The van der Waals surface area contributed by atoms with E-state index in [9.17, 15) is 5.26 Å². The number of nitriles is 1. The molecule has 0 amide bonds. The van der Waals surface area contributed by atoms with Gasteiger partial charge in [0.05, 0.1) is 17.5 Å². The van der Waals surface area contributed by atoms with E-state index in [4.69, 9.17) is 12.2 Å². The van der Waals surface area contributed by atoms with Gasteiger partial charge in [0.2, 0.25) is 0 Å². The van der Waals surface area contributed by atoms with Gasteiger partial charge in [-0.3, -0.25) is 0 Å². The Labute approximate surface area is 184 Å². The first kappa shape index (κ1) is 20.1. The van der Waals surface area contributed by atoms with Crippen LogP contribution in [0.5, 0.6) is 0 Å². The molecule has 3 nitrogen and oxygen atoms in total. The maximum absolute atomic E-state index is 9.95. The first-order valence-electron chi connectivity index (χ1n) is 10.3. The van der Waals surface area contributed by atoms with Crippen molar-refractivity contribution in [3.8, 4) is 6.07 Å². The quantitative estimate of drug-likeness (QED) is 0.599. The molecule has 1 N–H and O–H groups in total. The standard InChI is InChI=1S/C26H25N3S/c27-20-26(23-14-8-3-9-15-23)16-18-29(19-17-26)25(30)28-24(21-10-4-1-5-11-21)22-12-6-2-7-13-22/h1-15,24H,16-19H2,(H,28,30). The van der Waals surface area contributed by atoms with Gasteiger partial charge >= 0.3 is 0 Å². The SMILES string of the molecule is N#CC1(c2ccccc2)CCN(C(=S)NC(c2ccccc2)c2ccccc2)CC1. The topological polar surface area (TPSA) is 39.1 Å². The highest BCUT2D eigenvalue weighted by Crippen LogP contribution is 2.35. The van der Waals surface area contributed by atoms with Crippen LogP contribution in [-0.4, -0.2) is 23.1 Å². The molecule has 4 rings (SSSR count). The second-order valence-electron chi connectivity index (χ2n) is 7.75. The Balaban J connectivity index is 1.49. The van der Waals surface area contributed by atoms with Crippen molar-refractivity contribution in [2.45, 2.75) is 24.3 Å². The van der Waals surface area contributed by atoms with Crippen LogP contribution in [0.1, 0.15) is 35.6 Å². The van der Waals surface area contributed by atoms with Crippen LogP contribution in [0.2, 0.25) is 0 Å². The highest BCUT2D eigenvalue weighted by molar-refractivity contribution is 7.80. The molecule has 1 saturated heterocycles. The number of likely N-dealkylation sites (tertiary alicyclic amines) is 1. The minimum Gasteiger partial charge on any atom is -0.352 e. The number of hydrogen-bond donors (Lipinski definition) is 1. The second kappa shape index (κ2) is 9.11. The molecule has 0 spiro atoms. The fourth-order valence-electron chi connectivity index (χ4n) is 4.18. The van der Waals surface area contributed by atoms with Crippen molar-refractivity contribution in [1.82, 2.24) is 10.2 Å². The molecule has 3 aromatic carbocycles. The van der Waals surface area contributed by atoms with E-state index < -0.39 is 5.41 Å². The van der Waals surface area contributed by atoms with Crippen molar-refractivity contribution in [2.75, 3.05) is 13.1 Å². The molecule has 0 bridgehead atoms. The summed E-state index contributed by atoms with van der Waals surface area (Å²) < 4.78 is 0. The number of nitrogens with zero attached hydrogens (tertiary/aromatic N) is 2. The summed E-state index contributed by atoms with van der Waals surface area (Å²) in [6, 6.07) is 33.5. The van der Waals surface area contributed by atoms with Gasteiger partial charge in [-0.2, -0.15) is 5.26 Å². The molecule has 1 fully saturated rings. The Morgan fingerprint density at radius 1 is 0.833 bits per heavy atom. The van der Waals surface area contributed by atoms with E-state index in [1.54, 1.807) is 0 Å². The third-order valence-electron chi connectivity index (χ3n) is 5.98. The average molecular weight is 412 g/mol. The molecule has 0 aromatic heterocycles. The molecule has 4 heteroatoms. The molecule has 1 aliphatic rings. The largest absolute Gasteiger partial charge is 0.352 e. The van der Waals surface area contributed by atoms with Crippen LogP contribution in [0, 0.1) is 11.3 Å². The molecular weight excluding hydrogens is 386 g/mol. The van der Waals surface area contributed by atoms with Gasteiger partial charge in [0, 0.05) is 13.1 Å². The number of piperidine rings is 1. The zero-order chi connectivity index (χ0) is 20.8. The van der Waals surface area contributed by atoms with Gasteiger partial charge in [-0.05, 0) is 41.7 Å². The van der Waals surface area contributed by atoms with Crippen molar-refractivity contribution in [2.24, 2.45) is 0 Å². The number of rotatable bonds is 4. The van der Waals surface area contributed by atoms with Crippen molar-refractivity contribution in [3.63, 3.8) is 0 Å². The van der Waals surface area contributed by atoms with Crippen LogP contribution in [0.3, 0.4) is 0 Å². The van der Waals surface area contributed by atoms with Crippen LogP contribution >= 0.6 is 12.2 Å². The Kier molecular flexibility index (Phi) is 6.11. The normalized spacial score (nSPS) is 15.4. The van der Waals surface area contributed by atoms with E-state index in [1.165, 1.54) is 11.1 Å². The van der Waals surface area contributed by atoms with Crippen LogP contribution in [0.25, 0.3) is 0 Å². The molecule has 0 saturated carbocycles. The van der Waals surface area contributed by atoms with Gasteiger partial charge < -0.3 is 10.2 Å². The molecule has 30 heavy (non-hydrogen) atoms. The number of nitrogens with one attached hydrogen (secondary N) is 1. The summed E-state index contributed by atoms with van der Waals surface area (Å²) in [5.41, 5.74) is 3.04. The zero-order valence-electron chi connectivity index (χ0n) is 16.9. The predicted octanol–water partition coefficient (Wildman–Crippen LogP) is 5.21. The van der Waals surface area contributed by atoms with Crippen LogP contribution in [-0.2, 0) is 5.41 Å². The molecule has 0 unspecified atom stereocenters. The van der Waals surface area contributed by atoms with Crippen LogP contribution < -0.4 is 5.32 Å². The third-order valence-corrected chi connectivity index (χ3v) is 6.35. The summed E-state index contributed by atoms with van der Waals surface area (Å²) in [5.74, 6) is 0. The van der Waals surface area contributed by atoms with Crippen molar-refractivity contribution >= 4 is 17.3 Å². The smallest absolute Gasteiger partial charge is 0.169 e. The molecule has 1 heterocycles. The number of hydrogen-bond acceptors (Lipinski definition) is 2. The minimum atomic E-state index is -0.425. The number of thiocarbonyl (C=S) groups is 1. The lowest BCUT2D eigenvalue weighted by molar-refractivity contribution is 0.266. The van der Waals surface area contributed by atoms with Crippen molar-refractivity contribution in [1.29, 1.82) is 5.26 Å². The van der Waals surface area contributed by atoms with E-state index in [0.717, 1.165) is 36.6 Å². The Morgan fingerprint density at radius 2 is 1.30 bits per heavy atom. The molecule has 3 aromatic rings. The summed E-state index contributed by atoms with van der Waals surface area (Å²) in [4.78, 5) is 2.20. The van der Waals surface area contributed by atoms with E-state index >= 15 is 0 Å². The zero-order valence-corrected chi connectivity index (χ0v) is 17.7. The van der Waals surface area contributed by atoms with Gasteiger partial charge in [-0.1, -0.05) is 91.0 Å². The minimum absolute atomic E-state index is 0.00308. The Hall–Kier alpha value is -3.16. The maximum Gasteiger partial charge on any atom is 0.169 e. The third kappa shape index (κ3) is 4.22. The molecular formula is C26H25N3S. The van der Waals surface area contributed by atoms with Gasteiger partial charge in [-0.25, -0.2) is 0 Å². The highest BCUT2D eigenvalue weighted by atomic mass is 32.1. The fourth-order valence-corrected chi connectivity index (χ4v) is 4.48. The summed E-state index contributed by atoms with van der Waals surface area (Å²) in [6.07, 6.45) is 1.55. The first-order chi connectivity index (χ1) is 14.7. The average Bonchev–Trinajstić information content (AvgIpc) is 2.84. The molecule has 0 aliphatic carbocycles. The highest BCUT2D eigenvalue weighted by Gasteiger charge is 2.37. The van der Waals surface area contributed by atoms with Gasteiger partial charge in [0.15, 0.2) is 5.11 Å². The lowest BCUT2D eigenvalue weighted by atomic mass is 9.74. The summed E-state index contributed by atoms with van der Waals surface area (Å²) in [7, 11) is 0. The van der Waals surface area contributed by atoms with Gasteiger partial charge in [0.1, 0.15) is 0 Å². The van der Waals surface area contributed by atoms with Crippen LogP contribution in [0.4, 0.5) is 0 Å².